The van der Waals surface area contributed by atoms with Gasteiger partial charge in [0.1, 0.15) is 11.5 Å². The number of aromatic nitrogens is 1. The Hall–Kier alpha value is -5.56. The first-order chi connectivity index (χ1) is 20.8. The number of phenols is 2. The fourth-order valence-corrected chi connectivity index (χ4v) is 5.77. The average Bonchev–Trinajstić information content (AvgIpc) is 3.01. The summed E-state index contributed by atoms with van der Waals surface area (Å²) in [5.74, 6) is -2.85. The number of amides is 1. The minimum atomic E-state index is -0.799. The van der Waals surface area contributed by atoms with E-state index >= 15 is 0 Å². The standard InChI is InChI=1S/C36H28N2O5/c37-36(43)28-20-30(40)33-32(34(41)27-10-5-11-29(39)31(27)35(33)42)26(28)9-4-6-22-16-18-38(19-17-22)21-23-12-14-25(15-13-23)24-7-2-1-3-8-24/h1-3,5,7-8,10-20H,4,6,9,21H2,(H3-,37,39,40,42,43)/p+1. The molecule has 0 saturated heterocycles. The number of phenolic OH excluding ortho intramolecular Hbond substituents is 2. The maximum atomic E-state index is 13.5. The number of hydrogen-bond donors (Lipinski definition) is 3. The van der Waals surface area contributed by atoms with Crippen LogP contribution in [0.1, 0.15) is 65.3 Å². The number of carbonyl (C=O) groups is 3. The number of nitrogens with two attached hydrogens (primary N) is 1. The molecule has 0 unspecified atom stereocenters. The Morgan fingerprint density at radius 2 is 1.37 bits per heavy atom. The van der Waals surface area contributed by atoms with Gasteiger partial charge < -0.3 is 15.9 Å². The topological polar surface area (TPSA) is 122 Å². The minimum Gasteiger partial charge on any atom is -0.507 e. The number of hydrogen-bond acceptors (Lipinski definition) is 5. The van der Waals surface area contributed by atoms with E-state index in [1.807, 2.05) is 42.7 Å². The molecule has 1 heterocycles. The van der Waals surface area contributed by atoms with Crippen LogP contribution in [-0.2, 0) is 19.4 Å². The molecule has 5 aromatic rings. The van der Waals surface area contributed by atoms with Gasteiger partial charge in [-0.3, -0.25) is 14.4 Å². The van der Waals surface area contributed by atoms with Crippen molar-refractivity contribution in [1.29, 1.82) is 0 Å². The summed E-state index contributed by atoms with van der Waals surface area (Å²) in [6, 6.07) is 28.2. The number of primary amides is 1. The fourth-order valence-electron chi connectivity index (χ4n) is 5.77. The van der Waals surface area contributed by atoms with Crippen LogP contribution in [0.25, 0.3) is 11.1 Å². The van der Waals surface area contributed by atoms with E-state index in [4.69, 9.17) is 5.73 Å². The second kappa shape index (κ2) is 11.4. The van der Waals surface area contributed by atoms with Crippen LogP contribution < -0.4 is 10.3 Å². The first-order valence-corrected chi connectivity index (χ1v) is 14.0. The van der Waals surface area contributed by atoms with Crippen molar-refractivity contribution in [1.82, 2.24) is 0 Å². The van der Waals surface area contributed by atoms with E-state index in [0.717, 1.165) is 18.2 Å². The Bertz CT molecular complexity index is 1880. The summed E-state index contributed by atoms with van der Waals surface area (Å²) in [4.78, 5) is 39.1. The van der Waals surface area contributed by atoms with Crippen molar-refractivity contribution in [3.8, 4) is 22.6 Å². The first-order valence-electron chi connectivity index (χ1n) is 14.0. The molecule has 1 aromatic heterocycles. The molecule has 1 amide bonds. The van der Waals surface area contributed by atoms with Crippen LogP contribution in [0, 0.1) is 0 Å². The molecule has 0 fully saturated rings. The number of benzene rings is 4. The molecular weight excluding hydrogens is 540 g/mol. The SMILES string of the molecule is NC(=O)c1cc(O)c2c(c1CCCc1cc[n+](Cc3ccc(-c4ccccc4)cc3)cc1)C(=O)c1cccc(O)c1C2=O. The number of rotatable bonds is 8. The highest BCUT2D eigenvalue weighted by atomic mass is 16.3. The first kappa shape index (κ1) is 27.6. The molecule has 4 aromatic carbocycles. The van der Waals surface area contributed by atoms with Crippen LogP contribution in [0.5, 0.6) is 11.5 Å². The van der Waals surface area contributed by atoms with Gasteiger partial charge >= 0.3 is 0 Å². The molecule has 4 N–H and O–H groups in total. The lowest BCUT2D eigenvalue weighted by Gasteiger charge is -2.23. The molecule has 0 aliphatic heterocycles. The number of aromatic hydroxyl groups is 2. The van der Waals surface area contributed by atoms with Gasteiger partial charge in [0.15, 0.2) is 24.7 Å². The number of aryl methyl sites for hydroxylation is 1. The van der Waals surface area contributed by atoms with E-state index in [9.17, 15) is 24.6 Å². The molecule has 0 saturated carbocycles. The molecule has 212 valence electrons. The molecule has 43 heavy (non-hydrogen) atoms. The largest absolute Gasteiger partial charge is 0.507 e. The van der Waals surface area contributed by atoms with Crippen LogP contribution in [-0.4, -0.2) is 27.7 Å². The van der Waals surface area contributed by atoms with Crippen LogP contribution in [0.15, 0.2) is 103 Å². The smallest absolute Gasteiger partial charge is 0.249 e. The molecule has 1 aliphatic rings. The zero-order chi connectivity index (χ0) is 30.1. The molecule has 0 bridgehead atoms. The Morgan fingerprint density at radius 3 is 2.07 bits per heavy atom. The second-order valence-electron chi connectivity index (χ2n) is 10.7. The van der Waals surface area contributed by atoms with Gasteiger partial charge in [0, 0.05) is 34.4 Å². The van der Waals surface area contributed by atoms with Gasteiger partial charge in [0.25, 0.3) is 0 Å². The van der Waals surface area contributed by atoms with E-state index in [2.05, 4.69) is 41.0 Å². The second-order valence-corrected chi connectivity index (χ2v) is 10.7. The summed E-state index contributed by atoms with van der Waals surface area (Å²) < 4.78 is 2.10. The summed E-state index contributed by atoms with van der Waals surface area (Å²) in [5, 5.41) is 20.9. The van der Waals surface area contributed by atoms with Crippen LogP contribution in [0.2, 0.25) is 0 Å². The number of fused-ring (bicyclic) bond motifs is 2. The Morgan fingerprint density at radius 1 is 0.674 bits per heavy atom. The molecule has 0 atom stereocenters. The quantitative estimate of drug-likeness (QED) is 0.219. The van der Waals surface area contributed by atoms with Crippen LogP contribution in [0.4, 0.5) is 0 Å². The van der Waals surface area contributed by atoms with E-state index in [-0.39, 0.29) is 40.0 Å². The van der Waals surface area contributed by atoms with E-state index < -0.39 is 23.2 Å². The highest BCUT2D eigenvalue weighted by molar-refractivity contribution is 6.31. The van der Waals surface area contributed by atoms with Gasteiger partial charge in [0.2, 0.25) is 11.7 Å². The van der Waals surface area contributed by atoms with Crippen LogP contribution in [0.3, 0.4) is 0 Å². The third-order valence-corrected chi connectivity index (χ3v) is 7.93. The fraction of sp³-hybridized carbons (Fsp3) is 0.111. The zero-order valence-electron chi connectivity index (χ0n) is 23.3. The van der Waals surface area contributed by atoms with E-state index in [0.29, 0.717) is 18.4 Å². The van der Waals surface area contributed by atoms with Crippen molar-refractivity contribution >= 4 is 17.5 Å². The molecule has 7 heteroatoms. The third kappa shape index (κ3) is 5.28. The zero-order valence-corrected chi connectivity index (χ0v) is 23.3. The van der Waals surface area contributed by atoms with Crippen molar-refractivity contribution in [2.24, 2.45) is 5.73 Å². The van der Waals surface area contributed by atoms with Gasteiger partial charge in [-0.1, -0.05) is 66.7 Å². The van der Waals surface area contributed by atoms with Crippen molar-refractivity contribution in [3.63, 3.8) is 0 Å². The highest BCUT2D eigenvalue weighted by Crippen LogP contribution is 2.39. The number of ketones is 2. The average molecular weight is 570 g/mol. The van der Waals surface area contributed by atoms with E-state index in [1.54, 1.807) is 0 Å². The lowest BCUT2D eigenvalue weighted by Crippen LogP contribution is -2.33. The van der Waals surface area contributed by atoms with Gasteiger partial charge in [-0.05, 0) is 53.6 Å². The molecule has 6 rings (SSSR count). The van der Waals surface area contributed by atoms with Crippen molar-refractivity contribution in [2.75, 3.05) is 0 Å². The Balaban J connectivity index is 1.18. The van der Waals surface area contributed by atoms with E-state index in [1.165, 1.54) is 34.9 Å². The van der Waals surface area contributed by atoms with Crippen LogP contribution >= 0.6 is 0 Å². The van der Waals surface area contributed by atoms with Gasteiger partial charge in [-0.25, -0.2) is 4.57 Å². The Kier molecular flexibility index (Phi) is 7.30. The van der Waals surface area contributed by atoms with Crippen molar-refractivity contribution in [3.05, 3.63) is 148 Å². The predicted octanol–water partition coefficient (Wildman–Crippen LogP) is 5.15. The maximum absolute atomic E-state index is 13.5. The van der Waals surface area contributed by atoms with Gasteiger partial charge in [-0.15, -0.1) is 0 Å². The summed E-state index contributed by atoms with van der Waals surface area (Å²) >= 11 is 0. The summed E-state index contributed by atoms with van der Waals surface area (Å²) in [6.45, 7) is 0.726. The predicted molar refractivity (Wildman–Crippen MR) is 161 cm³/mol. The molecule has 0 spiro atoms. The molecule has 1 aliphatic carbocycles. The number of nitrogens with zero attached hydrogens (tertiary/aromatic N) is 1. The lowest BCUT2D eigenvalue weighted by atomic mass is 9.78. The third-order valence-electron chi connectivity index (χ3n) is 7.93. The maximum Gasteiger partial charge on any atom is 0.249 e. The number of carbonyl (C=O) groups excluding carboxylic acids is 3. The molecule has 7 nitrogen and oxygen atoms in total. The Labute approximate surface area is 248 Å². The minimum absolute atomic E-state index is 0.00481. The summed E-state index contributed by atoms with van der Waals surface area (Å²) in [7, 11) is 0. The van der Waals surface area contributed by atoms with Gasteiger partial charge in [-0.2, -0.15) is 0 Å². The van der Waals surface area contributed by atoms with Gasteiger partial charge in [0.05, 0.1) is 11.1 Å². The lowest BCUT2D eigenvalue weighted by molar-refractivity contribution is -0.688. The van der Waals surface area contributed by atoms with Crippen molar-refractivity contribution < 1.29 is 29.2 Å². The highest BCUT2D eigenvalue weighted by Gasteiger charge is 2.37. The molecule has 0 radical (unpaired) electrons. The normalized spacial score (nSPS) is 12.1. The molecular formula is C36H29N2O5+. The number of pyridine rings is 1. The van der Waals surface area contributed by atoms with Crippen molar-refractivity contribution in [2.45, 2.75) is 25.8 Å². The summed E-state index contributed by atoms with van der Waals surface area (Å²) in [6.07, 6.45) is 5.54. The monoisotopic (exact) mass is 569 g/mol. The summed E-state index contributed by atoms with van der Waals surface area (Å²) in [5.41, 5.74) is 10.2.